The monoisotopic (exact) mass is 409 g/mol. The molecule has 1 heterocycles. The highest BCUT2D eigenvalue weighted by molar-refractivity contribution is 5.64. The number of carboxylic acid groups (broad SMARTS) is 1. The quantitative estimate of drug-likeness (QED) is 0.173. The SMILES string of the molecule is CCCCCCCCCCCCCCCCCC[N+]1(CCC(=O)[O-])CCCCC1. The molecule has 1 aliphatic rings. The zero-order chi connectivity index (χ0) is 21.0. The number of hydrogen-bond donors (Lipinski definition) is 0. The minimum absolute atomic E-state index is 0.235. The fourth-order valence-electron chi connectivity index (χ4n) is 5.07. The summed E-state index contributed by atoms with van der Waals surface area (Å²) in [5.74, 6) is -0.875. The van der Waals surface area contributed by atoms with Crippen LogP contribution in [0.5, 0.6) is 0 Å². The summed E-state index contributed by atoms with van der Waals surface area (Å²) in [4.78, 5) is 10.9. The van der Waals surface area contributed by atoms with Crippen LogP contribution in [0.15, 0.2) is 0 Å². The molecular formula is C26H51NO2. The number of carbonyl (C=O) groups excluding carboxylic acids is 1. The summed E-state index contributed by atoms with van der Waals surface area (Å²) < 4.78 is 1.05. The number of nitrogens with zero attached hydrogens (tertiary/aromatic N) is 1. The molecule has 0 bridgehead atoms. The number of aliphatic carboxylic acids is 1. The van der Waals surface area contributed by atoms with Crippen LogP contribution in [0.3, 0.4) is 0 Å². The van der Waals surface area contributed by atoms with Crippen molar-refractivity contribution in [3.63, 3.8) is 0 Å². The number of hydrogen-bond acceptors (Lipinski definition) is 2. The van der Waals surface area contributed by atoms with Crippen molar-refractivity contribution in [3.05, 3.63) is 0 Å². The Hall–Kier alpha value is -0.570. The highest BCUT2D eigenvalue weighted by Gasteiger charge is 2.28. The predicted octanol–water partition coefficient (Wildman–Crippen LogP) is 6.39. The van der Waals surface area contributed by atoms with Gasteiger partial charge in [-0.2, -0.15) is 0 Å². The zero-order valence-electron chi connectivity index (χ0n) is 19.7. The fourth-order valence-corrected chi connectivity index (χ4v) is 5.07. The Balaban J connectivity index is 1.89. The van der Waals surface area contributed by atoms with Gasteiger partial charge in [-0.05, 0) is 32.1 Å². The lowest BCUT2D eigenvalue weighted by Crippen LogP contribution is -2.53. The number of unbranched alkanes of at least 4 members (excludes halogenated alkanes) is 15. The van der Waals surface area contributed by atoms with E-state index in [1.807, 2.05) is 0 Å². The van der Waals surface area contributed by atoms with Gasteiger partial charge in [-0.25, -0.2) is 0 Å². The Kier molecular flexibility index (Phi) is 16.6. The van der Waals surface area contributed by atoms with Gasteiger partial charge in [-0.3, -0.25) is 0 Å². The number of piperidine rings is 1. The maximum Gasteiger partial charge on any atom is 0.0839 e. The molecule has 0 N–H and O–H groups in total. The molecular weight excluding hydrogens is 358 g/mol. The van der Waals surface area contributed by atoms with Crippen LogP contribution in [0.25, 0.3) is 0 Å². The van der Waals surface area contributed by atoms with Crippen molar-refractivity contribution < 1.29 is 14.4 Å². The van der Waals surface area contributed by atoms with Crippen LogP contribution < -0.4 is 5.11 Å². The summed E-state index contributed by atoms with van der Waals surface area (Å²) in [5, 5.41) is 10.9. The molecule has 0 saturated carbocycles. The standard InChI is InChI=1S/C26H51NO2/c1-2-3-4-5-6-7-8-9-10-11-12-13-14-15-16-18-22-27(25-21-26(28)29)23-19-17-20-24-27/h2-25H2,1H3. The van der Waals surface area contributed by atoms with Gasteiger partial charge >= 0.3 is 0 Å². The van der Waals surface area contributed by atoms with Crippen LogP contribution in [0.4, 0.5) is 0 Å². The molecule has 0 radical (unpaired) electrons. The van der Waals surface area contributed by atoms with Gasteiger partial charge in [0.2, 0.25) is 0 Å². The zero-order valence-corrected chi connectivity index (χ0v) is 19.7. The lowest BCUT2D eigenvalue weighted by molar-refractivity contribution is -0.932. The van der Waals surface area contributed by atoms with Crippen LogP contribution in [0.2, 0.25) is 0 Å². The minimum Gasteiger partial charge on any atom is -0.550 e. The highest BCUT2D eigenvalue weighted by Crippen LogP contribution is 2.21. The van der Waals surface area contributed by atoms with Crippen molar-refractivity contribution in [3.8, 4) is 0 Å². The Morgan fingerprint density at radius 3 is 1.45 bits per heavy atom. The molecule has 172 valence electrons. The van der Waals surface area contributed by atoms with E-state index in [0.717, 1.165) is 11.0 Å². The van der Waals surface area contributed by atoms with Crippen LogP contribution in [-0.4, -0.2) is 36.6 Å². The third kappa shape index (κ3) is 15.0. The van der Waals surface area contributed by atoms with E-state index in [1.165, 1.54) is 142 Å². The second-order valence-electron chi connectivity index (χ2n) is 9.72. The Labute approximate surface area is 182 Å². The first-order valence-electron chi connectivity index (χ1n) is 13.2. The van der Waals surface area contributed by atoms with E-state index in [1.54, 1.807) is 0 Å². The Morgan fingerprint density at radius 1 is 0.621 bits per heavy atom. The van der Waals surface area contributed by atoms with Gasteiger partial charge in [0, 0.05) is 12.4 Å². The van der Waals surface area contributed by atoms with E-state index in [0.29, 0.717) is 0 Å². The molecule has 1 saturated heterocycles. The largest absolute Gasteiger partial charge is 0.550 e. The van der Waals surface area contributed by atoms with E-state index in [2.05, 4.69) is 6.92 Å². The van der Waals surface area contributed by atoms with Crippen LogP contribution in [0.1, 0.15) is 135 Å². The summed E-state index contributed by atoms with van der Waals surface area (Å²) >= 11 is 0. The number of carboxylic acids is 1. The van der Waals surface area contributed by atoms with E-state index < -0.39 is 5.97 Å². The summed E-state index contributed by atoms with van der Waals surface area (Å²) in [6.45, 7) is 6.64. The smallest absolute Gasteiger partial charge is 0.0839 e. The van der Waals surface area contributed by atoms with Crippen molar-refractivity contribution in [2.45, 2.75) is 135 Å². The second-order valence-corrected chi connectivity index (χ2v) is 9.72. The van der Waals surface area contributed by atoms with Crippen molar-refractivity contribution in [1.29, 1.82) is 0 Å². The Morgan fingerprint density at radius 2 is 1.03 bits per heavy atom. The summed E-state index contributed by atoms with van der Waals surface area (Å²) in [6.07, 6.45) is 26.6. The molecule has 0 atom stereocenters. The van der Waals surface area contributed by atoms with Gasteiger partial charge in [-0.15, -0.1) is 0 Å². The van der Waals surface area contributed by atoms with E-state index >= 15 is 0 Å². The van der Waals surface area contributed by atoms with Crippen molar-refractivity contribution >= 4 is 5.97 Å². The fraction of sp³-hybridized carbons (Fsp3) is 0.962. The second kappa shape index (κ2) is 18.2. The van der Waals surface area contributed by atoms with E-state index in [9.17, 15) is 9.90 Å². The van der Waals surface area contributed by atoms with Crippen molar-refractivity contribution in [1.82, 2.24) is 0 Å². The van der Waals surface area contributed by atoms with Crippen LogP contribution >= 0.6 is 0 Å². The van der Waals surface area contributed by atoms with E-state index in [-0.39, 0.29) is 6.42 Å². The maximum atomic E-state index is 10.9. The predicted molar refractivity (Wildman–Crippen MR) is 123 cm³/mol. The van der Waals surface area contributed by atoms with Gasteiger partial charge in [-0.1, -0.05) is 96.8 Å². The summed E-state index contributed by atoms with van der Waals surface area (Å²) in [6, 6.07) is 0. The normalized spacial score (nSPS) is 16.2. The van der Waals surface area contributed by atoms with Crippen LogP contribution in [-0.2, 0) is 4.79 Å². The molecule has 0 aromatic carbocycles. The molecule has 1 fully saturated rings. The Bertz CT molecular complexity index is 377. The molecule has 0 aromatic rings. The maximum absolute atomic E-state index is 10.9. The van der Waals surface area contributed by atoms with Gasteiger partial charge in [0.15, 0.2) is 0 Å². The summed E-state index contributed by atoms with van der Waals surface area (Å²) in [7, 11) is 0. The first kappa shape index (κ1) is 26.5. The molecule has 0 amide bonds. The lowest BCUT2D eigenvalue weighted by atomic mass is 10.0. The average molecular weight is 410 g/mol. The number of quaternary nitrogens is 1. The molecule has 3 heteroatoms. The van der Waals surface area contributed by atoms with Gasteiger partial charge in [0.1, 0.15) is 0 Å². The highest BCUT2D eigenvalue weighted by atomic mass is 16.4. The van der Waals surface area contributed by atoms with Gasteiger partial charge < -0.3 is 14.4 Å². The molecule has 0 spiro atoms. The lowest BCUT2D eigenvalue weighted by Gasteiger charge is -2.42. The molecule has 0 aromatic heterocycles. The molecule has 3 nitrogen and oxygen atoms in total. The number of likely N-dealkylation sites (tertiary alicyclic amines) is 1. The van der Waals surface area contributed by atoms with Gasteiger partial charge in [0.05, 0.1) is 26.2 Å². The van der Waals surface area contributed by atoms with Crippen LogP contribution in [0, 0.1) is 0 Å². The van der Waals surface area contributed by atoms with Crippen molar-refractivity contribution in [2.75, 3.05) is 26.2 Å². The molecule has 0 unspecified atom stereocenters. The number of rotatable bonds is 20. The molecule has 0 aliphatic carbocycles. The molecule has 1 rings (SSSR count). The average Bonchev–Trinajstić information content (AvgIpc) is 2.73. The first-order chi connectivity index (χ1) is 14.2. The number of carbonyl (C=O) groups is 1. The minimum atomic E-state index is -0.875. The topological polar surface area (TPSA) is 40.1 Å². The van der Waals surface area contributed by atoms with Gasteiger partial charge in [0.25, 0.3) is 0 Å². The van der Waals surface area contributed by atoms with E-state index in [4.69, 9.17) is 0 Å². The first-order valence-corrected chi connectivity index (χ1v) is 13.2. The molecule has 1 aliphatic heterocycles. The third-order valence-corrected chi connectivity index (χ3v) is 7.04. The van der Waals surface area contributed by atoms with Crippen molar-refractivity contribution in [2.24, 2.45) is 0 Å². The summed E-state index contributed by atoms with van der Waals surface area (Å²) in [5.41, 5.74) is 0. The molecule has 29 heavy (non-hydrogen) atoms. The third-order valence-electron chi connectivity index (χ3n) is 7.04.